The van der Waals surface area contributed by atoms with Crippen LogP contribution in [0.1, 0.15) is 12.5 Å². The Morgan fingerprint density at radius 1 is 1.42 bits per heavy atom. The van der Waals surface area contributed by atoms with E-state index >= 15 is 0 Å². The zero-order valence-electron chi connectivity index (χ0n) is 10.9. The lowest BCUT2D eigenvalue weighted by molar-refractivity contribution is -0.126. The normalized spacial score (nSPS) is 18.8. The zero-order valence-corrected chi connectivity index (χ0v) is 10.9. The van der Waals surface area contributed by atoms with E-state index in [1.165, 1.54) is 0 Å². The highest BCUT2D eigenvalue weighted by Gasteiger charge is 2.28. The third-order valence-corrected chi connectivity index (χ3v) is 3.84. The van der Waals surface area contributed by atoms with Gasteiger partial charge in [-0.15, -0.1) is 0 Å². The third-order valence-electron chi connectivity index (χ3n) is 3.84. The van der Waals surface area contributed by atoms with Crippen LogP contribution in [0.25, 0.3) is 0 Å². The van der Waals surface area contributed by atoms with Gasteiger partial charge in [0.1, 0.15) is 0 Å². The highest BCUT2D eigenvalue weighted by atomic mass is 16.7. The fourth-order valence-corrected chi connectivity index (χ4v) is 2.28. The first-order valence-electron chi connectivity index (χ1n) is 6.61. The number of ether oxygens (including phenoxy) is 2. The Morgan fingerprint density at radius 2 is 2.21 bits per heavy atom. The van der Waals surface area contributed by atoms with Gasteiger partial charge in [0.15, 0.2) is 11.5 Å². The first kappa shape index (κ1) is 12.3. The molecule has 1 aromatic rings. The number of carbonyl (C=O) groups excluding carboxylic acids is 1. The minimum Gasteiger partial charge on any atom is -0.454 e. The largest absolute Gasteiger partial charge is 0.454 e. The summed E-state index contributed by atoms with van der Waals surface area (Å²) in [4.78, 5) is 12.0. The summed E-state index contributed by atoms with van der Waals surface area (Å²) in [5.74, 6) is 2.17. The van der Waals surface area contributed by atoms with Gasteiger partial charge in [0.25, 0.3) is 0 Å². The maximum atomic E-state index is 12.0. The molecule has 1 amide bonds. The predicted molar refractivity (Wildman–Crippen MR) is 69.9 cm³/mol. The summed E-state index contributed by atoms with van der Waals surface area (Å²) in [7, 11) is 0. The fourth-order valence-electron chi connectivity index (χ4n) is 2.28. The Labute approximate surface area is 112 Å². The minimum atomic E-state index is 0.0651. The van der Waals surface area contributed by atoms with Crippen molar-refractivity contribution in [3.63, 3.8) is 0 Å². The molecular formula is C14H18N2O3. The van der Waals surface area contributed by atoms with Gasteiger partial charge in [-0.1, -0.05) is 13.0 Å². The van der Waals surface area contributed by atoms with E-state index in [4.69, 9.17) is 9.47 Å². The van der Waals surface area contributed by atoms with Crippen molar-refractivity contribution in [1.82, 2.24) is 10.6 Å². The summed E-state index contributed by atoms with van der Waals surface area (Å²) in [5, 5.41) is 6.16. The Balaban J connectivity index is 1.55. The standard InChI is InChI=1S/C14H18N2O3/c1-9(11-6-15-7-11)14(17)16-5-10-2-3-12-13(4-10)19-8-18-12/h2-4,9,11,15H,5-8H2,1H3,(H,16,17). The molecule has 0 aliphatic carbocycles. The van der Waals surface area contributed by atoms with Crippen molar-refractivity contribution in [1.29, 1.82) is 0 Å². The number of carbonyl (C=O) groups is 1. The summed E-state index contributed by atoms with van der Waals surface area (Å²) in [6.07, 6.45) is 0. The average Bonchev–Trinajstić information content (AvgIpc) is 2.80. The van der Waals surface area contributed by atoms with Crippen LogP contribution in [0.2, 0.25) is 0 Å². The van der Waals surface area contributed by atoms with Crippen LogP contribution in [0.5, 0.6) is 11.5 Å². The molecule has 102 valence electrons. The molecule has 5 nitrogen and oxygen atoms in total. The molecule has 19 heavy (non-hydrogen) atoms. The molecule has 1 unspecified atom stereocenters. The van der Waals surface area contributed by atoms with Crippen LogP contribution in [0.3, 0.4) is 0 Å². The maximum absolute atomic E-state index is 12.0. The number of benzene rings is 1. The van der Waals surface area contributed by atoms with Gasteiger partial charge in [0, 0.05) is 12.5 Å². The van der Waals surface area contributed by atoms with Crippen LogP contribution in [-0.2, 0) is 11.3 Å². The molecule has 1 aromatic carbocycles. The predicted octanol–water partition coefficient (Wildman–Crippen LogP) is 0.887. The highest BCUT2D eigenvalue weighted by molar-refractivity contribution is 5.78. The van der Waals surface area contributed by atoms with Crippen LogP contribution >= 0.6 is 0 Å². The Morgan fingerprint density at radius 3 is 2.95 bits per heavy atom. The smallest absolute Gasteiger partial charge is 0.231 e. The van der Waals surface area contributed by atoms with Gasteiger partial charge in [-0.05, 0) is 36.7 Å². The van der Waals surface area contributed by atoms with E-state index in [0.29, 0.717) is 12.5 Å². The summed E-state index contributed by atoms with van der Waals surface area (Å²) >= 11 is 0. The average molecular weight is 262 g/mol. The van der Waals surface area contributed by atoms with Crippen molar-refractivity contribution < 1.29 is 14.3 Å². The summed E-state index contributed by atoms with van der Waals surface area (Å²) in [6, 6.07) is 5.74. The Hall–Kier alpha value is -1.75. The number of hydrogen-bond donors (Lipinski definition) is 2. The monoisotopic (exact) mass is 262 g/mol. The van der Waals surface area contributed by atoms with E-state index in [2.05, 4.69) is 10.6 Å². The second-order valence-electron chi connectivity index (χ2n) is 5.11. The van der Waals surface area contributed by atoms with Crippen LogP contribution in [0, 0.1) is 11.8 Å². The molecule has 5 heteroatoms. The van der Waals surface area contributed by atoms with E-state index in [9.17, 15) is 4.79 Å². The molecule has 0 spiro atoms. The molecule has 1 atom stereocenters. The number of nitrogens with one attached hydrogen (secondary N) is 2. The van der Waals surface area contributed by atoms with Gasteiger partial charge >= 0.3 is 0 Å². The summed E-state index contributed by atoms with van der Waals surface area (Å²) < 4.78 is 10.6. The van der Waals surface area contributed by atoms with Crippen molar-refractivity contribution in [3.8, 4) is 11.5 Å². The molecule has 0 saturated carbocycles. The van der Waals surface area contributed by atoms with Crippen molar-refractivity contribution in [2.24, 2.45) is 11.8 Å². The lowest BCUT2D eigenvalue weighted by Crippen LogP contribution is -2.49. The Kier molecular flexibility index (Phi) is 3.29. The lowest BCUT2D eigenvalue weighted by Gasteiger charge is -2.31. The molecule has 2 aliphatic rings. The number of fused-ring (bicyclic) bond motifs is 1. The molecule has 2 aliphatic heterocycles. The third kappa shape index (κ3) is 2.51. The molecule has 0 bridgehead atoms. The second kappa shape index (κ2) is 5.09. The highest BCUT2D eigenvalue weighted by Crippen LogP contribution is 2.32. The summed E-state index contributed by atoms with van der Waals surface area (Å²) in [6.45, 7) is 4.68. The molecule has 2 heterocycles. The van der Waals surface area contributed by atoms with Crippen molar-refractivity contribution in [3.05, 3.63) is 23.8 Å². The van der Waals surface area contributed by atoms with Crippen LogP contribution in [0.4, 0.5) is 0 Å². The van der Waals surface area contributed by atoms with Gasteiger partial charge in [-0.25, -0.2) is 0 Å². The first-order valence-corrected chi connectivity index (χ1v) is 6.61. The van der Waals surface area contributed by atoms with E-state index in [1.807, 2.05) is 25.1 Å². The molecule has 1 fully saturated rings. The topological polar surface area (TPSA) is 59.6 Å². The molecule has 1 saturated heterocycles. The van der Waals surface area contributed by atoms with E-state index in [0.717, 1.165) is 30.2 Å². The van der Waals surface area contributed by atoms with Gasteiger partial charge < -0.3 is 20.1 Å². The fraction of sp³-hybridized carbons (Fsp3) is 0.500. The minimum absolute atomic E-state index is 0.0651. The van der Waals surface area contributed by atoms with Gasteiger partial charge in [0.05, 0.1) is 0 Å². The molecule has 3 rings (SSSR count). The van der Waals surface area contributed by atoms with E-state index in [-0.39, 0.29) is 18.6 Å². The van der Waals surface area contributed by atoms with Crippen LogP contribution in [0.15, 0.2) is 18.2 Å². The van der Waals surface area contributed by atoms with Crippen LogP contribution < -0.4 is 20.1 Å². The quantitative estimate of drug-likeness (QED) is 0.846. The van der Waals surface area contributed by atoms with Gasteiger partial charge in [-0.3, -0.25) is 4.79 Å². The van der Waals surface area contributed by atoms with Crippen molar-refractivity contribution in [2.75, 3.05) is 19.9 Å². The number of amides is 1. The molecular weight excluding hydrogens is 244 g/mol. The van der Waals surface area contributed by atoms with Crippen LogP contribution in [-0.4, -0.2) is 25.8 Å². The van der Waals surface area contributed by atoms with Crippen molar-refractivity contribution in [2.45, 2.75) is 13.5 Å². The van der Waals surface area contributed by atoms with Gasteiger partial charge in [-0.2, -0.15) is 0 Å². The van der Waals surface area contributed by atoms with E-state index in [1.54, 1.807) is 0 Å². The molecule has 0 radical (unpaired) electrons. The zero-order chi connectivity index (χ0) is 13.2. The molecule has 0 aromatic heterocycles. The van der Waals surface area contributed by atoms with Gasteiger partial charge in [0.2, 0.25) is 12.7 Å². The van der Waals surface area contributed by atoms with E-state index < -0.39 is 0 Å². The SMILES string of the molecule is CC(C(=O)NCc1ccc2c(c1)OCO2)C1CNC1. The lowest BCUT2D eigenvalue weighted by atomic mass is 9.88. The van der Waals surface area contributed by atoms with Crippen molar-refractivity contribution >= 4 is 5.91 Å². The molecule has 2 N–H and O–H groups in total. The first-order chi connectivity index (χ1) is 9.24. The maximum Gasteiger partial charge on any atom is 0.231 e. The summed E-state index contributed by atoms with van der Waals surface area (Å²) in [5.41, 5.74) is 1.02. The second-order valence-corrected chi connectivity index (χ2v) is 5.11. The Bertz CT molecular complexity index is 486. The number of rotatable bonds is 4. The number of hydrogen-bond acceptors (Lipinski definition) is 4.